The number of pyridine rings is 1. The van der Waals surface area contributed by atoms with Gasteiger partial charge in [0.1, 0.15) is 17.7 Å². The second-order valence-electron chi connectivity index (χ2n) is 4.46. The van der Waals surface area contributed by atoms with Crippen LogP contribution in [0.2, 0.25) is 5.02 Å². The summed E-state index contributed by atoms with van der Waals surface area (Å²) in [5.74, 6) is 0. The first-order valence-corrected chi connectivity index (χ1v) is 6.58. The largest absolute Gasteiger partial charge is 0.417 e. The molecule has 0 N–H and O–H groups in total. The molecule has 0 aliphatic rings. The maximum absolute atomic E-state index is 12.6. The van der Waals surface area contributed by atoms with Gasteiger partial charge in [-0.15, -0.1) is 0 Å². The summed E-state index contributed by atoms with van der Waals surface area (Å²) < 4.78 is 37.8. The van der Waals surface area contributed by atoms with Crippen LogP contribution in [0.5, 0.6) is 0 Å². The normalized spacial score (nSPS) is 10.5. The molecule has 1 aromatic carbocycles. The Morgan fingerprint density at radius 1 is 1.13 bits per heavy atom. The highest BCUT2D eigenvalue weighted by molar-refractivity contribution is 6.33. The van der Waals surface area contributed by atoms with E-state index in [-0.39, 0.29) is 16.3 Å². The lowest BCUT2D eigenvalue weighted by atomic mass is 10.1. The lowest BCUT2D eigenvalue weighted by molar-refractivity contribution is -0.137. The Bertz CT molecular complexity index is 825. The van der Waals surface area contributed by atoms with Gasteiger partial charge in [-0.05, 0) is 17.7 Å². The van der Waals surface area contributed by atoms with E-state index in [1.54, 1.807) is 36.4 Å². The van der Waals surface area contributed by atoms with Gasteiger partial charge in [0, 0.05) is 11.8 Å². The molecule has 0 fully saturated rings. The molecular weight excluding hydrogens is 327 g/mol. The van der Waals surface area contributed by atoms with E-state index in [4.69, 9.17) is 22.1 Å². The maximum Gasteiger partial charge on any atom is 0.417 e. The van der Waals surface area contributed by atoms with Gasteiger partial charge in [-0.2, -0.15) is 23.7 Å². The van der Waals surface area contributed by atoms with E-state index >= 15 is 0 Å². The van der Waals surface area contributed by atoms with Crippen LogP contribution in [0.1, 0.15) is 11.1 Å². The first kappa shape index (κ1) is 16.5. The fraction of sp³-hybridized carbons (Fsp3) is 0.0625. The lowest BCUT2D eigenvalue weighted by Crippen LogP contribution is -2.05. The second-order valence-corrected chi connectivity index (χ2v) is 4.86. The van der Waals surface area contributed by atoms with Gasteiger partial charge < -0.3 is 0 Å². The van der Waals surface area contributed by atoms with E-state index in [0.717, 1.165) is 12.3 Å². The zero-order valence-electron chi connectivity index (χ0n) is 11.4. The molecule has 0 aliphatic heterocycles. The summed E-state index contributed by atoms with van der Waals surface area (Å²) in [5.41, 5.74) is 0.379. The molecule has 0 radical (unpaired) electrons. The van der Waals surface area contributed by atoms with Gasteiger partial charge in [0.2, 0.25) is 0 Å². The summed E-state index contributed by atoms with van der Waals surface area (Å²) in [6.45, 7) is 0. The van der Waals surface area contributed by atoms with Gasteiger partial charge in [-0.25, -0.2) is 0 Å². The minimum absolute atomic E-state index is 0.0524. The van der Waals surface area contributed by atoms with Crippen LogP contribution < -0.4 is 0 Å². The summed E-state index contributed by atoms with van der Waals surface area (Å²) in [5, 5.41) is 17.3. The Hall–Kier alpha value is -2.83. The van der Waals surface area contributed by atoms with E-state index in [9.17, 15) is 13.2 Å². The number of aromatic nitrogens is 1. The first-order chi connectivity index (χ1) is 10.8. The van der Waals surface area contributed by atoms with Gasteiger partial charge in [0.25, 0.3) is 0 Å². The van der Waals surface area contributed by atoms with Gasteiger partial charge in [0.15, 0.2) is 0 Å². The molecular formula is C16H7ClF3N3. The molecule has 1 heterocycles. The number of hydrogen-bond acceptors (Lipinski definition) is 3. The van der Waals surface area contributed by atoms with E-state index in [1.807, 2.05) is 0 Å². The number of nitrogens with zero attached hydrogens (tertiary/aromatic N) is 3. The standard InChI is InChI=1S/C16H7ClF3N3/c17-14-6-13(16(18,19)20)9-23-15(14)12-3-1-10(2-4-12)5-11(7-21)8-22/h1-6,9H. The van der Waals surface area contributed by atoms with Crippen molar-refractivity contribution in [2.24, 2.45) is 0 Å². The SMILES string of the molecule is N#CC(C#N)=Cc1ccc(-c2ncc(C(F)(F)F)cc2Cl)cc1. The average molecular weight is 334 g/mol. The van der Waals surface area contributed by atoms with Crippen molar-refractivity contribution in [1.29, 1.82) is 10.5 Å². The lowest BCUT2D eigenvalue weighted by Gasteiger charge is -2.09. The van der Waals surface area contributed by atoms with Crippen molar-refractivity contribution in [3.63, 3.8) is 0 Å². The molecule has 0 bridgehead atoms. The Kier molecular flexibility index (Phi) is 4.68. The highest BCUT2D eigenvalue weighted by Gasteiger charge is 2.31. The van der Waals surface area contributed by atoms with Crippen LogP contribution >= 0.6 is 11.6 Å². The van der Waals surface area contributed by atoms with Crippen molar-refractivity contribution >= 4 is 17.7 Å². The highest BCUT2D eigenvalue weighted by atomic mass is 35.5. The van der Waals surface area contributed by atoms with Crippen molar-refractivity contribution in [3.8, 4) is 23.4 Å². The smallest absolute Gasteiger partial charge is 0.254 e. The van der Waals surface area contributed by atoms with E-state index in [0.29, 0.717) is 11.1 Å². The third-order valence-electron chi connectivity index (χ3n) is 2.90. The number of nitriles is 2. The molecule has 23 heavy (non-hydrogen) atoms. The molecule has 3 nitrogen and oxygen atoms in total. The minimum Gasteiger partial charge on any atom is -0.254 e. The number of allylic oxidation sites excluding steroid dienone is 1. The van der Waals surface area contributed by atoms with Gasteiger partial charge in [-0.1, -0.05) is 35.9 Å². The third kappa shape index (κ3) is 3.88. The molecule has 7 heteroatoms. The molecule has 114 valence electrons. The van der Waals surface area contributed by atoms with Gasteiger partial charge in [0.05, 0.1) is 16.3 Å². The quantitative estimate of drug-likeness (QED) is 0.738. The molecule has 0 saturated heterocycles. The number of rotatable bonds is 2. The molecule has 0 aliphatic carbocycles. The first-order valence-electron chi connectivity index (χ1n) is 6.20. The Balaban J connectivity index is 2.36. The topological polar surface area (TPSA) is 60.5 Å². The summed E-state index contributed by atoms with van der Waals surface area (Å²) in [6.07, 6.45) is -2.39. The zero-order chi connectivity index (χ0) is 17.0. The van der Waals surface area contributed by atoms with E-state index in [2.05, 4.69) is 4.98 Å². The third-order valence-corrected chi connectivity index (χ3v) is 3.19. The van der Waals surface area contributed by atoms with Crippen LogP contribution in [0, 0.1) is 22.7 Å². The van der Waals surface area contributed by atoms with Crippen LogP contribution in [-0.2, 0) is 6.18 Å². The summed E-state index contributed by atoms with van der Waals surface area (Å²) in [7, 11) is 0. The molecule has 1 aromatic heterocycles. The molecule has 0 atom stereocenters. The average Bonchev–Trinajstić information content (AvgIpc) is 2.52. The number of halogens is 4. The van der Waals surface area contributed by atoms with Crippen LogP contribution in [-0.4, -0.2) is 4.98 Å². The highest BCUT2D eigenvalue weighted by Crippen LogP contribution is 2.34. The van der Waals surface area contributed by atoms with Crippen molar-refractivity contribution in [2.45, 2.75) is 6.18 Å². The minimum atomic E-state index is -4.51. The summed E-state index contributed by atoms with van der Waals surface area (Å²) in [6, 6.07) is 10.7. The number of alkyl halides is 3. The van der Waals surface area contributed by atoms with Crippen LogP contribution in [0.15, 0.2) is 42.1 Å². The Morgan fingerprint density at radius 3 is 2.22 bits per heavy atom. The molecule has 0 saturated carbocycles. The molecule has 0 amide bonds. The molecule has 0 unspecified atom stereocenters. The van der Waals surface area contributed by atoms with Crippen molar-refractivity contribution in [3.05, 3.63) is 58.3 Å². The predicted octanol–water partition coefficient (Wildman–Crippen LogP) is 4.85. The van der Waals surface area contributed by atoms with Gasteiger partial charge in [-0.3, -0.25) is 4.98 Å². The number of hydrogen-bond donors (Lipinski definition) is 0. The number of benzene rings is 1. The molecule has 2 aromatic rings. The van der Waals surface area contributed by atoms with E-state index in [1.165, 1.54) is 6.08 Å². The summed E-state index contributed by atoms with van der Waals surface area (Å²) >= 11 is 5.88. The van der Waals surface area contributed by atoms with E-state index < -0.39 is 11.7 Å². The Labute approximate surface area is 134 Å². The van der Waals surface area contributed by atoms with Crippen LogP contribution in [0.4, 0.5) is 13.2 Å². The van der Waals surface area contributed by atoms with Crippen molar-refractivity contribution < 1.29 is 13.2 Å². The van der Waals surface area contributed by atoms with Gasteiger partial charge >= 0.3 is 6.18 Å². The monoisotopic (exact) mass is 333 g/mol. The van der Waals surface area contributed by atoms with Crippen LogP contribution in [0.3, 0.4) is 0 Å². The fourth-order valence-corrected chi connectivity index (χ4v) is 2.07. The summed E-state index contributed by atoms with van der Waals surface area (Å²) in [4.78, 5) is 3.77. The zero-order valence-corrected chi connectivity index (χ0v) is 12.2. The predicted molar refractivity (Wildman–Crippen MR) is 78.9 cm³/mol. The van der Waals surface area contributed by atoms with Crippen LogP contribution in [0.25, 0.3) is 17.3 Å². The molecule has 0 spiro atoms. The maximum atomic E-state index is 12.6. The molecule has 2 rings (SSSR count). The fourth-order valence-electron chi connectivity index (χ4n) is 1.80. The van der Waals surface area contributed by atoms with Crippen molar-refractivity contribution in [1.82, 2.24) is 4.98 Å². The van der Waals surface area contributed by atoms with Crippen molar-refractivity contribution in [2.75, 3.05) is 0 Å². The second kappa shape index (κ2) is 6.51. The Morgan fingerprint density at radius 2 is 1.74 bits per heavy atom.